The molecule has 0 aliphatic heterocycles. The van der Waals surface area contributed by atoms with E-state index in [0.717, 1.165) is 34.0 Å². The Bertz CT molecular complexity index is 1320. The molecule has 0 saturated carbocycles. The zero-order valence-electron chi connectivity index (χ0n) is 22.3. The van der Waals surface area contributed by atoms with Crippen molar-refractivity contribution < 1.29 is 23.9 Å². The van der Waals surface area contributed by atoms with E-state index in [1.807, 2.05) is 43.5 Å². The minimum absolute atomic E-state index is 0.0436. The fourth-order valence-electron chi connectivity index (χ4n) is 4.22. The van der Waals surface area contributed by atoms with Crippen molar-refractivity contribution in [2.24, 2.45) is 0 Å². The smallest absolute Gasteiger partial charge is 0.337 e. The Kier molecular flexibility index (Phi) is 9.11. The number of nitrogens with one attached hydrogen (secondary N) is 2. The summed E-state index contributed by atoms with van der Waals surface area (Å²) in [6.07, 6.45) is 4.83. The van der Waals surface area contributed by atoms with E-state index >= 15 is 0 Å². The predicted molar refractivity (Wildman–Crippen MR) is 145 cm³/mol. The molecule has 2 aromatic carbocycles. The van der Waals surface area contributed by atoms with Gasteiger partial charge < -0.3 is 24.7 Å². The molecule has 3 aromatic rings. The van der Waals surface area contributed by atoms with Gasteiger partial charge in [-0.25, -0.2) is 4.79 Å². The first-order valence-electron chi connectivity index (χ1n) is 12.2. The van der Waals surface area contributed by atoms with E-state index in [0.29, 0.717) is 23.4 Å². The minimum atomic E-state index is -0.465. The van der Waals surface area contributed by atoms with Gasteiger partial charge in [-0.05, 0) is 54.8 Å². The molecule has 2 N–H and O–H groups in total. The van der Waals surface area contributed by atoms with Crippen molar-refractivity contribution in [3.63, 3.8) is 0 Å². The van der Waals surface area contributed by atoms with Gasteiger partial charge >= 0.3 is 5.97 Å². The molecule has 0 bridgehead atoms. The number of nitrogens with zero attached hydrogens (tertiary/aromatic N) is 1. The lowest BCUT2D eigenvalue weighted by Crippen LogP contribution is -2.24. The maximum absolute atomic E-state index is 12.9. The zero-order chi connectivity index (χ0) is 27.1. The van der Waals surface area contributed by atoms with E-state index in [4.69, 9.17) is 9.47 Å². The molecule has 3 rings (SSSR count). The third-order valence-electron chi connectivity index (χ3n) is 6.30. The summed E-state index contributed by atoms with van der Waals surface area (Å²) in [6, 6.07) is 11.0. The third kappa shape index (κ3) is 6.39. The first-order valence-corrected chi connectivity index (χ1v) is 12.2. The summed E-state index contributed by atoms with van der Waals surface area (Å²) in [5, 5.41) is 3.83. The molecule has 0 fully saturated rings. The van der Waals surface area contributed by atoms with Crippen LogP contribution in [0.4, 0.5) is 0 Å². The minimum Gasteiger partial charge on any atom is -0.496 e. The van der Waals surface area contributed by atoms with E-state index in [1.54, 1.807) is 38.1 Å². The van der Waals surface area contributed by atoms with Crippen LogP contribution in [0.3, 0.4) is 0 Å². The van der Waals surface area contributed by atoms with Crippen LogP contribution in [0.2, 0.25) is 0 Å². The fraction of sp³-hybridized carbons (Fsp3) is 0.345. The van der Waals surface area contributed by atoms with Gasteiger partial charge in [0.1, 0.15) is 5.75 Å². The Balaban J connectivity index is 2.12. The molecule has 8 heteroatoms. The molecule has 37 heavy (non-hydrogen) atoms. The van der Waals surface area contributed by atoms with Crippen LogP contribution < -0.4 is 10.1 Å². The highest BCUT2D eigenvalue weighted by Gasteiger charge is 2.26. The van der Waals surface area contributed by atoms with Crippen LogP contribution in [0.5, 0.6) is 5.75 Å². The Morgan fingerprint density at radius 1 is 1.08 bits per heavy atom. The van der Waals surface area contributed by atoms with Crippen molar-refractivity contribution in [1.29, 1.82) is 0 Å². The van der Waals surface area contributed by atoms with Crippen LogP contribution in [0.1, 0.15) is 59.7 Å². The Morgan fingerprint density at radius 2 is 1.84 bits per heavy atom. The number of methoxy groups -OCH3 is 2. The largest absolute Gasteiger partial charge is 0.496 e. The summed E-state index contributed by atoms with van der Waals surface area (Å²) in [5.74, 6) is -0.460. The normalized spacial score (nSPS) is 12.2. The summed E-state index contributed by atoms with van der Waals surface area (Å²) in [6.45, 7) is 4.43. The van der Waals surface area contributed by atoms with Crippen molar-refractivity contribution in [3.8, 4) is 5.75 Å². The number of fused-ring (bicyclic) bond motifs is 1. The third-order valence-corrected chi connectivity index (χ3v) is 6.30. The van der Waals surface area contributed by atoms with Gasteiger partial charge in [0.25, 0.3) is 0 Å². The lowest BCUT2D eigenvalue weighted by Gasteiger charge is -2.22. The molecule has 2 amide bonds. The number of benzene rings is 2. The van der Waals surface area contributed by atoms with E-state index < -0.39 is 5.97 Å². The maximum Gasteiger partial charge on any atom is 0.337 e. The molecule has 1 unspecified atom stereocenters. The van der Waals surface area contributed by atoms with Crippen molar-refractivity contribution >= 4 is 34.8 Å². The van der Waals surface area contributed by atoms with Gasteiger partial charge in [-0.2, -0.15) is 0 Å². The van der Waals surface area contributed by atoms with E-state index in [2.05, 4.69) is 10.3 Å². The molecule has 1 heterocycles. The molecule has 8 nitrogen and oxygen atoms in total. The number of hydrogen-bond donors (Lipinski definition) is 2. The van der Waals surface area contributed by atoms with Crippen molar-refractivity contribution in [2.75, 3.05) is 34.9 Å². The van der Waals surface area contributed by atoms with Crippen molar-refractivity contribution in [2.45, 2.75) is 32.6 Å². The number of carbonyl (C=O) groups excluding carboxylic acids is 3. The van der Waals surface area contributed by atoms with Crippen LogP contribution in [0.25, 0.3) is 17.0 Å². The second kappa shape index (κ2) is 12.3. The van der Waals surface area contributed by atoms with Gasteiger partial charge in [-0.15, -0.1) is 0 Å². The Labute approximate surface area is 217 Å². The second-order valence-corrected chi connectivity index (χ2v) is 9.13. The average molecular weight is 506 g/mol. The average Bonchev–Trinajstić information content (AvgIpc) is 3.32. The SMILES string of the molecule is CCCNC(=O)C(C)=Cc1ccc2[nH]cc(C(CC(=O)N(C)C)c3ccc(C(=O)OC)cc3OC)c2c1. The Morgan fingerprint density at radius 3 is 2.49 bits per heavy atom. The van der Waals surface area contributed by atoms with Gasteiger partial charge in [-0.3, -0.25) is 9.59 Å². The highest BCUT2D eigenvalue weighted by atomic mass is 16.5. The molecular formula is C29H35N3O5. The number of ether oxygens (including phenoxy) is 2. The maximum atomic E-state index is 12.9. The van der Waals surface area contributed by atoms with Gasteiger partial charge in [0.15, 0.2) is 0 Å². The number of aromatic nitrogens is 1. The topological polar surface area (TPSA) is 101 Å². The highest BCUT2D eigenvalue weighted by molar-refractivity contribution is 5.98. The molecular weight excluding hydrogens is 470 g/mol. The second-order valence-electron chi connectivity index (χ2n) is 9.13. The predicted octanol–water partition coefficient (Wildman–Crippen LogP) is 4.50. The number of hydrogen-bond acceptors (Lipinski definition) is 5. The number of H-pyrrole nitrogens is 1. The number of esters is 1. The first-order chi connectivity index (χ1) is 17.7. The molecule has 1 aromatic heterocycles. The lowest BCUT2D eigenvalue weighted by atomic mass is 9.86. The molecule has 196 valence electrons. The molecule has 0 radical (unpaired) electrons. The molecule has 0 aliphatic rings. The van der Waals surface area contributed by atoms with Crippen LogP contribution >= 0.6 is 0 Å². The van der Waals surface area contributed by atoms with Crippen molar-refractivity contribution in [3.05, 3.63) is 70.4 Å². The van der Waals surface area contributed by atoms with Crippen LogP contribution in [-0.2, 0) is 14.3 Å². The lowest BCUT2D eigenvalue weighted by molar-refractivity contribution is -0.128. The standard InChI is InChI=1S/C29H35N3O5/c1-7-12-30-28(34)18(2)13-19-8-11-25-23(14-19)24(17-31-25)22(16-27(33)32(3)4)21-10-9-20(29(35)37-6)15-26(21)36-5/h8-11,13-15,17,22,31H,7,12,16H2,1-6H3,(H,30,34). The summed E-state index contributed by atoms with van der Waals surface area (Å²) in [4.78, 5) is 42.2. The van der Waals surface area contributed by atoms with E-state index in [1.165, 1.54) is 14.2 Å². The van der Waals surface area contributed by atoms with E-state index in [-0.39, 0.29) is 24.2 Å². The van der Waals surface area contributed by atoms with E-state index in [9.17, 15) is 14.4 Å². The number of carbonyl (C=O) groups is 3. The number of amides is 2. The van der Waals surface area contributed by atoms with Crippen LogP contribution in [0, 0.1) is 0 Å². The van der Waals surface area contributed by atoms with Gasteiger partial charge in [0.05, 0.1) is 19.8 Å². The number of aromatic amines is 1. The highest BCUT2D eigenvalue weighted by Crippen LogP contribution is 2.39. The molecule has 0 saturated heterocycles. The van der Waals surface area contributed by atoms with Gasteiger partial charge in [-0.1, -0.05) is 19.1 Å². The summed E-state index contributed by atoms with van der Waals surface area (Å²) in [7, 11) is 6.31. The van der Waals surface area contributed by atoms with Crippen LogP contribution in [0.15, 0.2) is 48.2 Å². The molecule has 1 atom stereocenters. The zero-order valence-corrected chi connectivity index (χ0v) is 22.3. The summed E-state index contributed by atoms with van der Waals surface area (Å²) in [5.41, 5.74) is 4.46. The number of rotatable bonds is 10. The van der Waals surface area contributed by atoms with Gasteiger partial charge in [0, 0.05) is 61.2 Å². The summed E-state index contributed by atoms with van der Waals surface area (Å²) < 4.78 is 10.5. The first kappa shape index (κ1) is 27.5. The Hall–Kier alpha value is -4.07. The quantitative estimate of drug-likeness (QED) is 0.312. The fourth-order valence-corrected chi connectivity index (χ4v) is 4.22. The van der Waals surface area contributed by atoms with Gasteiger partial charge in [0.2, 0.25) is 11.8 Å². The molecule has 0 aliphatic carbocycles. The van der Waals surface area contributed by atoms with Crippen molar-refractivity contribution in [1.82, 2.24) is 15.2 Å². The molecule has 0 spiro atoms. The summed E-state index contributed by atoms with van der Waals surface area (Å²) >= 11 is 0. The monoisotopic (exact) mass is 505 g/mol. The van der Waals surface area contributed by atoms with Crippen LogP contribution in [-0.4, -0.2) is 62.5 Å².